The van der Waals surface area contributed by atoms with Gasteiger partial charge in [0.2, 0.25) is 0 Å². The first-order chi connectivity index (χ1) is 14.1. The summed E-state index contributed by atoms with van der Waals surface area (Å²) in [4.78, 5) is 0. The first kappa shape index (κ1) is 19.7. The second-order valence-corrected chi connectivity index (χ2v) is 8.42. The van der Waals surface area contributed by atoms with Gasteiger partial charge in [-0.15, -0.1) is 0 Å². The summed E-state index contributed by atoms with van der Waals surface area (Å²) >= 11 is 0. The van der Waals surface area contributed by atoms with E-state index in [4.69, 9.17) is 9.47 Å². The van der Waals surface area contributed by atoms with Crippen molar-refractivity contribution in [2.45, 2.75) is 32.6 Å². The van der Waals surface area contributed by atoms with Crippen molar-refractivity contribution in [2.24, 2.45) is 5.92 Å². The van der Waals surface area contributed by atoms with E-state index in [9.17, 15) is 0 Å². The van der Waals surface area contributed by atoms with Gasteiger partial charge in [0.05, 0.1) is 6.61 Å². The SMILES string of the molecule is COCCOc1ccc(C2(CC(C)C)c3ccccc3-c3ccccc32)cc1C. The normalized spacial score (nSPS) is 14.0. The Morgan fingerprint density at radius 1 is 0.828 bits per heavy atom. The van der Waals surface area contributed by atoms with Crippen LogP contribution in [0.3, 0.4) is 0 Å². The molecule has 0 saturated carbocycles. The maximum absolute atomic E-state index is 5.92. The van der Waals surface area contributed by atoms with Gasteiger partial charge in [-0.25, -0.2) is 0 Å². The molecule has 3 aromatic carbocycles. The molecule has 0 aromatic heterocycles. The molecule has 29 heavy (non-hydrogen) atoms. The lowest BCUT2D eigenvalue weighted by molar-refractivity contribution is 0.146. The van der Waals surface area contributed by atoms with Crippen molar-refractivity contribution in [3.63, 3.8) is 0 Å². The Morgan fingerprint density at radius 2 is 1.45 bits per heavy atom. The summed E-state index contributed by atoms with van der Waals surface area (Å²) in [5, 5.41) is 0. The summed E-state index contributed by atoms with van der Waals surface area (Å²) in [5.74, 6) is 1.50. The van der Waals surface area contributed by atoms with E-state index in [1.807, 2.05) is 0 Å². The summed E-state index contributed by atoms with van der Waals surface area (Å²) in [7, 11) is 1.70. The standard InChI is InChI=1S/C27H30O2/c1-19(2)18-27(21-13-14-26(20(3)17-21)29-16-15-28-4)24-11-7-5-9-22(24)23-10-6-8-12-25(23)27/h5-14,17,19H,15-16,18H2,1-4H3. The van der Waals surface area contributed by atoms with Crippen molar-refractivity contribution < 1.29 is 9.47 Å². The highest BCUT2D eigenvalue weighted by Crippen LogP contribution is 2.55. The lowest BCUT2D eigenvalue weighted by Gasteiger charge is -2.35. The molecule has 150 valence electrons. The molecular formula is C27H30O2. The van der Waals surface area contributed by atoms with Gasteiger partial charge in [-0.2, -0.15) is 0 Å². The molecule has 0 amide bonds. The predicted molar refractivity (Wildman–Crippen MR) is 120 cm³/mol. The maximum Gasteiger partial charge on any atom is 0.122 e. The van der Waals surface area contributed by atoms with Crippen molar-refractivity contribution in [1.82, 2.24) is 0 Å². The number of fused-ring (bicyclic) bond motifs is 3. The summed E-state index contributed by atoms with van der Waals surface area (Å²) in [5.41, 5.74) is 7.95. The van der Waals surface area contributed by atoms with Crippen LogP contribution in [0.5, 0.6) is 5.75 Å². The van der Waals surface area contributed by atoms with Crippen LogP contribution in [0.25, 0.3) is 11.1 Å². The second-order valence-electron chi connectivity index (χ2n) is 8.42. The molecule has 0 aliphatic heterocycles. The second kappa shape index (κ2) is 8.04. The van der Waals surface area contributed by atoms with Gasteiger partial charge in [0.1, 0.15) is 12.4 Å². The van der Waals surface area contributed by atoms with Gasteiger partial charge in [-0.05, 0) is 58.7 Å². The molecule has 4 rings (SSSR count). The highest BCUT2D eigenvalue weighted by molar-refractivity contribution is 5.83. The van der Waals surface area contributed by atoms with Crippen LogP contribution in [0, 0.1) is 12.8 Å². The molecular weight excluding hydrogens is 356 g/mol. The van der Waals surface area contributed by atoms with Gasteiger partial charge < -0.3 is 9.47 Å². The summed E-state index contributed by atoms with van der Waals surface area (Å²) < 4.78 is 11.0. The van der Waals surface area contributed by atoms with Gasteiger partial charge in [-0.3, -0.25) is 0 Å². The molecule has 0 fully saturated rings. The predicted octanol–water partition coefficient (Wildman–Crippen LogP) is 6.38. The lowest BCUT2D eigenvalue weighted by atomic mass is 9.67. The van der Waals surface area contributed by atoms with E-state index in [0.29, 0.717) is 19.1 Å². The number of hydrogen-bond acceptors (Lipinski definition) is 2. The van der Waals surface area contributed by atoms with Gasteiger partial charge in [0.25, 0.3) is 0 Å². The van der Waals surface area contributed by atoms with E-state index in [1.165, 1.54) is 33.4 Å². The minimum absolute atomic E-state index is 0.128. The summed E-state index contributed by atoms with van der Waals surface area (Å²) in [6.45, 7) is 7.95. The Hall–Kier alpha value is -2.58. The van der Waals surface area contributed by atoms with Crippen LogP contribution in [-0.4, -0.2) is 20.3 Å². The molecule has 2 nitrogen and oxygen atoms in total. The average Bonchev–Trinajstić information content (AvgIpc) is 3.00. The van der Waals surface area contributed by atoms with Crippen molar-refractivity contribution in [3.05, 3.63) is 89.0 Å². The van der Waals surface area contributed by atoms with Crippen LogP contribution in [-0.2, 0) is 10.2 Å². The molecule has 0 atom stereocenters. The molecule has 0 radical (unpaired) electrons. The minimum atomic E-state index is -0.128. The van der Waals surface area contributed by atoms with Crippen LogP contribution in [0.4, 0.5) is 0 Å². The Labute approximate surface area is 174 Å². The molecule has 0 bridgehead atoms. The molecule has 3 aromatic rings. The first-order valence-electron chi connectivity index (χ1n) is 10.5. The highest BCUT2D eigenvalue weighted by Gasteiger charge is 2.44. The third kappa shape index (κ3) is 3.36. The van der Waals surface area contributed by atoms with Crippen LogP contribution in [0.2, 0.25) is 0 Å². The third-order valence-electron chi connectivity index (χ3n) is 5.99. The van der Waals surface area contributed by atoms with Crippen LogP contribution < -0.4 is 4.74 Å². The molecule has 1 aliphatic rings. The Balaban J connectivity index is 1.89. The maximum atomic E-state index is 5.92. The van der Waals surface area contributed by atoms with E-state index in [-0.39, 0.29) is 5.41 Å². The van der Waals surface area contributed by atoms with Gasteiger partial charge in [0.15, 0.2) is 0 Å². The average molecular weight is 387 g/mol. The fourth-order valence-corrected chi connectivity index (χ4v) is 4.90. The Kier molecular flexibility index (Phi) is 5.47. The molecule has 1 aliphatic carbocycles. The summed E-state index contributed by atoms with van der Waals surface area (Å²) in [6.07, 6.45) is 1.07. The smallest absolute Gasteiger partial charge is 0.122 e. The number of benzene rings is 3. The van der Waals surface area contributed by atoms with E-state index in [2.05, 4.69) is 87.5 Å². The lowest BCUT2D eigenvalue weighted by Crippen LogP contribution is -2.29. The zero-order valence-corrected chi connectivity index (χ0v) is 17.9. The topological polar surface area (TPSA) is 18.5 Å². The fourth-order valence-electron chi connectivity index (χ4n) is 4.90. The van der Waals surface area contributed by atoms with Gasteiger partial charge in [-0.1, -0.05) is 74.5 Å². The molecule has 0 saturated heterocycles. The fraction of sp³-hybridized carbons (Fsp3) is 0.333. The number of methoxy groups -OCH3 is 1. The third-order valence-corrected chi connectivity index (χ3v) is 5.99. The zero-order chi connectivity index (χ0) is 20.4. The van der Waals surface area contributed by atoms with Crippen LogP contribution in [0.1, 0.15) is 42.5 Å². The van der Waals surface area contributed by atoms with Gasteiger partial charge in [0, 0.05) is 12.5 Å². The minimum Gasteiger partial charge on any atom is -0.491 e. The monoisotopic (exact) mass is 386 g/mol. The number of ether oxygens (including phenoxy) is 2. The van der Waals surface area contributed by atoms with E-state index >= 15 is 0 Å². The van der Waals surface area contributed by atoms with E-state index in [1.54, 1.807) is 7.11 Å². The Morgan fingerprint density at radius 3 is 2.00 bits per heavy atom. The van der Waals surface area contributed by atoms with Crippen LogP contribution >= 0.6 is 0 Å². The molecule has 0 unspecified atom stereocenters. The van der Waals surface area contributed by atoms with E-state index < -0.39 is 0 Å². The van der Waals surface area contributed by atoms with Gasteiger partial charge >= 0.3 is 0 Å². The molecule has 2 heteroatoms. The van der Waals surface area contributed by atoms with Crippen molar-refractivity contribution >= 4 is 0 Å². The van der Waals surface area contributed by atoms with Crippen LogP contribution in [0.15, 0.2) is 66.7 Å². The largest absolute Gasteiger partial charge is 0.491 e. The van der Waals surface area contributed by atoms with Crippen molar-refractivity contribution in [3.8, 4) is 16.9 Å². The number of hydrogen-bond donors (Lipinski definition) is 0. The van der Waals surface area contributed by atoms with Crippen molar-refractivity contribution in [2.75, 3.05) is 20.3 Å². The zero-order valence-electron chi connectivity index (χ0n) is 17.9. The Bertz CT molecular complexity index is 957. The quantitative estimate of drug-likeness (QED) is 0.439. The number of rotatable bonds is 7. The first-order valence-corrected chi connectivity index (χ1v) is 10.5. The molecule has 0 N–H and O–H groups in total. The molecule has 0 heterocycles. The number of aryl methyl sites for hydroxylation is 1. The van der Waals surface area contributed by atoms with Crippen molar-refractivity contribution in [1.29, 1.82) is 0 Å². The highest BCUT2D eigenvalue weighted by atomic mass is 16.5. The molecule has 0 spiro atoms. The van der Waals surface area contributed by atoms with E-state index in [0.717, 1.165) is 12.2 Å². The summed E-state index contributed by atoms with van der Waals surface area (Å²) in [6, 6.07) is 24.5.